The molecule has 0 aromatic carbocycles. The second kappa shape index (κ2) is 5.55. The van der Waals surface area contributed by atoms with Crippen molar-refractivity contribution in [1.29, 1.82) is 0 Å². The van der Waals surface area contributed by atoms with Crippen molar-refractivity contribution < 1.29 is 18.0 Å². The third-order valence-corrected chi connectivity index (χ3v) is 2.81. The summed E-state index contributed by atoms with van der Waals surface area (Å²) in [7, 11) is 1.29. The number of nitrogens with zero attached hydrogens (tertiary/aromatic N) is 3. The van der Waals surface area contributed by atoms with Crippen molar-refractivity contribution in [2.24, 2.45) is 7.05 Å². The molecule has 0 aliphatic rings. The SMILES string of the molecule is Cc1ccnc(CNC(=O)c2cc(C(F)(F)F)nn2C)c1. The van der Waals surface area contributed by atoms with E-state index in [1.165, 1.54) is 7.05 Å². The van der Waals surface area contributed by atoms with Crippen molar-refractivity contribution in [3.05, 3.63) is 47.0 Å². The van der Waals surface area contributed by atoms with Crippen LogP contribution < -0.4 is 5.32 Å². The first-order chi connectivity index (χ1) is 9.77. The normalized spacial score (nSPS) is 11.5. The highest BCUT2D eigenvalue weighted by Gasteiger charge is 2.35. The van der Waals surface area contributed by atoms with Gasteiger partial charge in [0.05, 0.1) is 12.2 Å². The molecule has 0 radical (unpaired) electrons. The lowest BCUT2D eigenvalue weighted by molar-refractivity contribution is -0.141. The van der Waals surface area contributed by atoms with Crippen molar-refractivity contribution in [1.82, 2.24) is 20.1 Å². The maximum Gasteiger partial charge on any atom is 0.435 e. The Balaban J connectivity index is 2.09. The lowest BCUT2D eigenvalue weighted by Gasteiger charge is -2.05. The van der Waals surface area contributed by atoms with Crippen LogP contribution >= 0.6 is 0 Å². The Kier molecular flexibility index (Phi) is 3.97. The van der Waals surface area contributed by atoms with Crippen molar-refractivity contribution in [2.75, 3.05) is 0 Å². The molecule has 0 fully saturated rings. The highest BCUT2D eigenvalue weighted by Crippen LogP contribution is 2.28. The van der Waals surface area contributed by atoms with E-state index in [1.807, 2.05) is 13.0 Å². The van der Waals surface area contributed by atoms with Gasteiger partial charge in [0.15, 0.2) is 5.69 Å². The number of aromatic nitrogens is 3. The molecule has 2 aromatic heterocycles. The molecule has 0 unspecified atom stereocenters. The zero-order chi connectivity index (χ0) is 15.6. The van der Waals surface area contributed by atoms with Crippen LogP contribution in [0.25, 0.3) is 0 Å². The number of alkyl halides is 3. The Bertz CT molecular complexity index is 664. The molecule has 2 heterocycles. The number of nitrogens with one attached hydrogen (secondary N) is 1. The number of carbonyl (C=O) groups excluding carboxylic acids is 1. The number of rotatable bonds is 3. The fourth-order valence-corrected chi connectivity index (χ4v) is 1.78. The van der Waals surface area contributed by atoms with Gasteiger partial charge in [-0.2, -0.15) is 18.3 Å². The Morgan fingerprint density at radius 3 is 2.67 bits per heavy atom. The topological polar surface area (TPSA) is 59.8 Å². The summed E-state index contributed by atoms with van der Waals surface area (Å²) in [5.41, 5.74) is 0.356. The highest BCUT2D eigenvalue weighted by molar-refractivity contribution is 5.92. The number of aryl methyl sites for hydroxylation is 2. The number of pyridine rings is 1. The van der Waals surface area contributed by atoms with Crippen LogP contribution in [0.3, 0.4) is 0 Å². The van der Waals surface area contributed by atoms with E-state index in [4.69, 9.17) is 0 Å². The maximum atomic E-state index is 12.5. The highest BCUT2D eigenvalue weighted by atomic mass is 19.4. The molecule has 5 nitrogen and oxygen atoms in total. The second-order valence-electron chi connectivity index (χ2n) is 4.54. The van der Waals surface area contributed by atoms with Crippen molar-refractivity contribution in [2.45, 2.75) is 19.6 Å². The number of carbonyl (C=O) groups is 1. The van der Waals surface area contributed by atoms with Crippen LogP contribution in [0.1, 0.15) is 27.4 Å². The molecule has 0 saturated carbocycles. The van der Waals surface area contributed by atoms with Gasteiger partial charge in [-0.05, 0) is 24.6 Å². The lowest BCUT2D eigenvalue weighted by atomic mass is 10.2. The standard InChI is InChI=1S/C13H13F3N4O/c1-8-3-4-17-9(5-8)7-18-12(21)10-6-11(13(14,15)16)19-20(10)2/h3-6H,7H2,1-2H3,(H,18,21). The third kappa shape index (κ3) is 3.59. The molecular formula is C13H13F3N4O. The first-order valence-corrected chi connectivity index (χ1v) is 6.08. The van der Waals surface area contributed by atoms with E-state index >= 15 is 0 Å². The minimum absolute atomic E-state index is 0.132. The molecule has 0 aliphatic carbocycles. The summed E-state index contributed by atoms with van der Waals surface area (Å²) >= 11 is 0. The zero-order valence-corrected chi connectivity index (χ0v) is 11.4. The molecule has 8 heteroatoms. The predicted molar refractivity (Wildman–Crippen MR) is 68.4 cm³/mol. The van der Waals surface area contributed by atoms with Crippen LogP contribution in [-0.2, 0) is 19.8 Å². The molecule has 112 valence electrons. The molecular weight excluding hydrogens is 285 g/mol. The number of hydrogen-bond acceptors (Lipinski definition) is 3. The van der Waals surface area contributed by atoms with Gasteiger partial charge in [-0.1, -0.05) is 0 Å². The molecule has 2 rings (SSSR count). The average Bonchev–Trinajstić information content (AvgIpc) is 2.78. The van der Waals surface area contributed by atoms with E-state index in [-0.39, 0.29) is 12.2 Å². The molecule has 21 heavy (non-hydrogen) atoms. The molecule has 0 bridgehead atoms. The van der Waals surface area contributed by atoms with Crippen LogP contribution in [0, 0.1) is 6.92 Å². The van der Waals surface area contributed by atoms with Crippen LogP contribution in [-0.4, -0.2) is 20.7 Å². The number of hydrogen-bond donors (Lipinski definition) is 1. The molecule has 0 aliphatic heterocycles. The van der Waals surface area contributed by atoms with Gasteiger partial charge in [0.1, 0.15) is 5.69 Å². The van der Waals surface area contributed by atoms with Crippen LogP contribution in [0.15, 0.2) is 24.4 Å². The smallest absolute Gasteiger partial charge is 0.345 e. The lowest BCUT2D eigenvalue weighted by Crippen LogP contribution is -2.25. The van der Waals surface area contributed by atoms with Crippen molar-refractivity contribution >= 4 is 5.91 Å². The molecule has 2 aromatic rings. The maximum absolute atomic E-state index is 12.5. The Labute approximate surface area is 118 Å². The third-order valence-electron chi connectivity index (χ3n) is 2.81. The average molecular weight is 298 g/mol. The summed E-state index contributed by atoms with van der Waals surface area (Å²) < 4.78 is 38.5. The summed E-state index contributed by atoms with van der Waals surface area (Å²) in [6, 6.07) is 4.31. The van der Waals surface area contributed by atoms with Gasteiger partial charge in [-0.3, -0.25) is 14.5 Å². The zero-order valence-electron chi connectivity index (χ0n) is 11.4. The van der Waals surface area contributed by atoms with Gasteiger partial charge in [0.2, 0.25) is 0 Å². The van der Waals surface area contributed by atoms with E-state index in [0.29, 0.717) is 5.69 Å². The summed E-state index contributed by atoms with van der Waals surface area (Å²) in [5, 5.41) is 5.81. The second-order valence-corrected chi connectivity index (χ2v) is 4.54. The van der Waals surface area contributed by atoms with Gasteiger partial charge >= 0.3 is 6.18 Å². The summed E-state index contributed by atoms with van der Waals surface area (Å²) in [4.78, 5) is 16.0. The fraction of sp³-hybridized carbons (Fsp3) is 0.308. The summed E-state index contributed by atoms with van der Waals surface area (Å²) in [6.07, 6.45) is -2.98. The Morgan fingerprint density at radius 2 is 2.10 bits per heavy atom. The molecule has 0 atom stereocenters. The van der Waals surface area contributed by atoms with Crippen LogP contribution in [0.4, 0.5) is 13.2 Å². The van der Waals surface area contributed by atoms with Gasteiger partial charge in [0.25, 0.3) is 5.91 Å². The number of amides is 1. The number of halogens is 3. The van der Waals surface area contributed by atoms with Gasteiger partial charge in [-0.15, -0.1) is 0 Å². The fourth-order valence-electron chi connectivity index (χ4n) is 1.78. The van der Waals surface area contributed by atoms with Crippen LogP contribution in [0.5, 0.6) is 0 Å². The van der Waals surface area contributed by atoms with E-state index in [9.17, 15) is 18.0 Å². The van der Waals surface area contributed by atoms with Gasteiger partial charge in [-0.25, -0.2) is 0 Å². The first kappa shape index (κ1) is 15.0. The minimum atomic E-state index is -4.58. The van der Waals surface area contributed by atoms with Crippen molar-refractivity contribution in [3.8, 4) is 0 Å². The minimum Gasteiger partial charge on any atom is -0.345 e. The van der Waals surface area contributed by atoms with E-state index in [0.717, 1.165) is 16.3 Å². The van der Waals surface area contributed by atoms with Gasteiger partial charge in [0, 0.05) is 19.3 Å². The molecule has 0 spiro atoms. The summed E-state index contributed by atoms with van der Waals surface area (Å²) in [6.45, 7) is 2.01. The molecule has 0 saturated heterocycles. The molecule has 1 amide bonds. The van der Waals surface area contributed by atoms with Gasteiger partial charge < -0.3 is 5.32 Å². The quantitative estimate of drug-likeness (QED) is 0.943. The van der Waals surface area contributed by atoms with Crippen molar-refractivity contribution in [3.63, 3.8) is 0 Å². The summed E-state index contributed by atoms with van der Waals surface area (Å²) in [5.74, 6) is -0.635. The molecule has 1 N–H and O–H groups in total. The van der Waals surface area contributed by atoms with E-state index in [2.05, 4.69) is 15.4 Å². The first-order valence-electron chi connectivity index (χ1n) is 6.08. The Morgan fingerprint density at radius 1 is 1.38 bits per heavy atom. The largest absolute Gasteiger partial charge is 0.435 e. The van der Waals surface area contributed by atoms with E-state index < -0.39 is 17.8 Å². The predicted octanol–water partition coefficient (Wildman–Crippen LogP) is 2.07. The van der Waals surface area contributed by atoms with E-state index in [1.54, 1.807) is 12.3 Å². The monoisotopic (exact) mass is 298 g/mol. The van der Waals surface area contributed by atoms with Crippen LogP contribution in [0.2, 0.25) is 0 Å². The Hall–Kier alpha value is -2.38.